The molecule has 2 heterocycles. The third-order valence-corrected chi connectivity index (χ3v) is 6.55. The van der Waals surface area contributed by atoms with Gasteiger partial charge in [0.15, 0.2) is 0 Å². The molecule has 0 unspecified atom stereocenters. The molecule has 0 saturated carbocycles. The van der Waals surface area contributed by atoms with Gasteiger partial charge in [0, 0.05) is 16.6 Å². The van der Waals surface area contributed by atoms with Crippen molar-refractivity contribution in [3.8, 4) is 5.69 Å². The van der Waals surface area contributed by atoms with Crippen LogP contribution in [0.4, 0.5) is 10.5 Å². The fraction of sp³-hybridized carbons (Fsp3) is 0.143. The lowest BCUT2D eigenvalue weighted by atomic mass is 10.0. The van der Waals surface area contributed by atoms with Gasteiger partial charge in [-0.1, -0.05) is 48.5 Å². The highest BCUT2D eigenvalue weighted by atomic mass is 16.2. The van der Waals surface area contributed by atoms with Crippen molar-refractivity contribution in [3.63, 3.8) is 0 Å². The molecule has 1 fully saturated rings. The van der Waals surface area contributed by atoms with E-state index in [0.717, 1.165) is 38.2 Å². The molecule has 0 atom stereocenters. The Morgan fingerprint density at radius 2 is 1.51 bits per heavy atom. The van der Waals surface area contributed by atoms with Crippen LogP contribution >= 0.6 is 0 Å². The molecule has 0 spiro atoms. The first-order valence-electron chi connectivity index (χ1n) is 11.3. The minimum atomic E-state index is -0.759. The van der Waals surface area contributed by atoms with Crippen LogP contribution in [-0.2, 0) is 9.59 Å². The number of aryl methyl sites for hydroxylation is 2. The van der Waals surface area contributed by atoms with Gasteiger partial charge in [0.25, 0.3) is 11.8 Å². The number of carbonyl (C=O) groups excluding carboxylic acids is 3. The molecule has 0 radical (unpaired) electrons. The maximum absolute atomic E-state index is 13.4. The normalized spacial score (nSPS) is 15.3. The fourth-order valence-electron chi connectivity index (χ4n) is 4.49. The Kier molecular flexibility index (Phi) is 5.32. The standard InChI is InChI=1S/C28H24N4O3/c1-16-9-7-13-24(17(16)2)31-27(34)23(26(33)29-28(31)35)15-22-18(3)30-32(19(22)4)25-14-8-11-20-10-5-6-12-21(20)25/h5-15H,1-4H3,(H,29,33,35)/b23-15-. The molecule has 3 aromatic carbocycles. The summed E-state index contributed by atoms with van der Waals surface area (Å²) in [6.45, 7) is 7.47. The van der Waals surface area contributed by atoms with Crippen LogP contribution in [0.15, 0.2) is 66.2 Å². The number of nitrogens with one attached hydrogen (secondary N) is 1. The zero-order valence-corrected chi connectivity index (χ0v) is 19.9. The van der Waals surface area contributed by atoms with Crippen LogP contribution in [0.5, 0.6) is 0 Å². The van der Waals surface area contributed by atoms with Gasteiger partial charge in [0.05, 0.1) is 17.1 Å². The quantitative estimate of drug-likeness (QED) is 0.344. The van der Waals surface area contributed by atoms with Crippen molar-refractivity contribution in [1.29, 1.82) is 0 Å². The van der Waals surface area contributed by atoms with Gasteiger partial charge in [-0.15, -0.1) is 0 Å². The van der Waals surface area contributed by atoms with Crippen molar-refractivity contribution in [2.45, 2.75) is 27.7 Å². The lowest BCUT2D eigenvalue weighted by molar-refractivity contribution is -0.122. The molecule has 0 bridgehead atoms. The van der Waals surface area contributed by atoms with E-state index >= 15 is 0 Å². The van der Waals surface area contributed by atoms with E-state index in [2.05, 4.69) is 5.32 Å². The number of hydrogen-bond donors (Lipinski definition) is 1. The number of carbonyl (C=O) groups is 3. The van der Waals surface area contributed by atoms with Gasteiger partial charge in [-0.25, -0.2) is 14.4 Å². The Bertz CT molecular complexity index is 1570. The first kappa shape index (κ1) is 22.3. The number of urea groups is 1. The minimum absolute atomic E-state index is 0.117. The number of amides is 4. The molecule has 4 amide bonds. The molecule has 0 aliphatic carbocycles. The second-order valence-electron chi connectivity index (χ2n) is 8.67. The molecule has 1 aliphatic rings. The molecule has 4 aromatic rings. The van der Waals surface area contributed by atoms with Gasteiger partial charge < -0.3 is 0 Å². The van der Waals surface area contributed by atoms with Crippen LogP contribution in [0.1, 0.15) is 28.1 Å². The number of benzene rings is 3. The predicted octanol–water partition coefficient (Wildman–Crippen LogP) is 4.93. The molecular formula is C28H24N4O3. The zero-order valence-electron chi connectivity index (χ0n) is 19.9. The third-order valence-electron chi connectivity index (χ3n) is 6.55. The number of anilines is 1. The van der Waals surface area contributed by atoms with Crippen LogP contribution in [0.3, 0.4) is 0 Å². The largest absolute Gasteiger partial charge is 0.335 e. The average Bonchev–Trinajstić information content (AvgIpc) is 3.11. The van der Waals surface area contributed by atoms with Crippen LogP contribution in [-0.4, -0.2) is 27.6 Å². The summed E-state index contributed by atoms with van der Waals surface area (Å²) in [7, 11) is 0. The van der Waals surface area contributed by atoms with E-state index in [-0.39, 0.29) is 5.57 Å². The maximum Gasteiger partial charge on any atom is 0.335 e. The number of imide groups is 2. The van der Waals surface area contributed by atoms with E-state index < -0.39 is 17.8 Å². The zero-order chi connectivity index (χ0) is 24.9. The van der Waals surface area contributed by atoms with E-state index in [1.807, 2.05) is 80.9 Å². The Morgan fingerprint density at radius 1 is 0.829 bits per heavy atom. The smallest absolute Gasteiger partial charge is 0.273 e. The molecular weight excluding hydrogens is 440 g/mol. The van der Waals surface area contributed by atoms with Crippen molar-refractivity contribution >= 4 is 40.4 Å². The lowest BCUT2D eigenvalue weighted by Gasteiger charge is -2.28. The highest BCUT2D eigenvalue weighted by Crippen LogP contribution is 2.29. The van der Waals surface area contributed by atoms with Gasteiger partial charge in [-0.2, -0.15) is 5.10 Å². The van der Waals surface area contributed by atoms with Gasteiger partial charge >= 0.3 is 6.03 Å². The van der Waals surface area contributed by atoms with Crippen LogP contribution in [0.25, 0.3) is 22.5 Å². The third kappa shape index (κ3) is 3.61. The number of aromatic nitrogens is 2. The van der Waals surface area contributed by atoms with Crippen LogP contribution in [0.2, 0.25) is 0 Å². The molecule has 1 saturated heterocycles. The summed E-state index contributed by atoms with van der Waals surface area (Å²) in [5.41, 5.74) is 5.07. The highest BCUT2D eigenvalue weighted by Gasteiger charge is 2.38. The SMILES string of the molecule is Cc1cccc(N2C(=O)NC(=O)/C(=C/c3c(C)nn(-c4cccc5ccccc45)c3C)C2=O)c1C. The molecule has 7 nitrogen and oxygen atoms in total. The Balaban J connectivity index is 1.62. The first-order valence-corrected chi connectivity index (χ1v) is 11.3. The van der Waals surface area contributed by atoms with Gasteiger partial charge in [-0.05, 0) is 62.4 Å². The molecule has 5 rings (SSSR count). The van der Waals surface area contributed by atoms with Gasteiger partial charge in [0.2, 0.25) is 0 Å². The summed E-state index contributed by atoms with van der Waals surface area (Å²) in [5, 5.41) is 9.15. The monoisotopic (exact) mass is 464 g/mol. The predicted molar refractivity (Wildman–Crippen MR) is 135 cm³/mol. The summed E-state index contributed by atoms with van der Waals surface area (Å²) in [5.74, 6) is -1.39. The molecule has 1 aliphatic heterocycles. The average molecular weight is 465 g/mol. The first-order chi connectivity index (χ1) is 16.8. The fourth-order valence-corrected chi connectivity index (χ4v) is 4.49. The van der Waals surface area contributed by atoms with E-state index in [4.69, 9.17) is 5.10 Å². The van der Waals surface area contributed by atoms with Crippen molar-refractivity contribution in [1.82, 2.24) is 15.1 Å². The summed E-state index contributed by atoms with van der Waals surface area (Å²) in [4.78, 5) is 39.9. The van der Waals surface area contributed by atoms with E-state index in [1.54, 1.807) is 12.1 Å². The van der Waals surface area contributed by atoms with E-state index in [0.29, 0.717) is 16.9 Å². The van der Waals surface area contributed by atoms with E-state index in [1.165, 1.54) is 6.08 Å². The number of nitrogens with zero attached hydrogens (tertiary/aromatic N) is 3. The van der Waals surface area contributed by atoms with Gasteiger partial charge in [0.1, 0.15) is 5.57 Å². The van der Waals surface area contributed by atoms with Crippen molar-refractivity contribution in [3.05, 3.63) is 94.3 Å². The van der Waals surface area contributed by atoms with Gasteiger partial charge in [-0.3, -0.25) is 14.9 Å². The molecule has 7 heteroatoms. The Hall–Kier alpha value is -4.52. The number of fused-ring (bicyclic) bond motifs is 1. The molecule has 35 heavy (non-hydrogen) atoms. The van der Waals surface area contributed by atoms with Crippen molar-refractivity contribution in [2.24, 2.45) is 0 Å². The summed E-state index contributed by atoms with van der Waals surface area (Å²) >= 11 is 0. The summed E-state index contributed by atoms with van der Waals surface area (Å²) in [6, 6.07) is 18.6. The summed E-state index contributed by atoms with van der Waals surface area (Å²) in [6.07, 6.45) is 1.53. The molecule has 174 valence electrons. The summed E-state index contributed by atoms with van der Waals surface area (Å²) < 4.78 is 1.82. The minimum Gasteiger partial charge on any atom is -0.273 e. The molecule has 1 N–H and O–H groups in total. The lowest BCUT2D eigenvalue weighted by Crippen LogP contribution is -2.54. The number of hydrogen-bond acceptors (Lipinski definition) is 4. The maximum atomic E-state index is 13.4. The Morgan fingerprint density at radius 3 is 2.31 bits per heavy atom. The second-order valence-corrected chi connectivity index (χ2v) is 8.67. The van der Waals surface area contributed by atoms with Crippen LogP contribution < -0.4 is 10.2 Å². The number of barbiturate groups is 1. The Labute approximate surface area is 202 Å². The van der Waals surface area contributed by atoms with E-state index in [9.17, 15) is 14.4 Å². The second kappa shape index (κ2) is 8.36. The van der Waals surface area contributed by atoms with Crippen LogP contribution in [0, 0.1) is 27.7 Å². The highest BCUT2D eigenvalue weighted by molar-refractivity contribution is 6.39. The van der Waals surface area contributed by atoms with Crippen molar-refractivity contribution < 1.29 is 14.4 Å². The van der Waals surface area contributed by atoms with Crippen molar-refractivity contribution in [2.75, 3.05) is 4.90 Å². The topological polar surface area (TPSA) is 84.3 Å². The molecule has 1 aromatic heterocycles. The number of rotatable bonds is 3.